The number of hydrogen-bond acceptors (Lipinski definition) is 3. The first-order valence-corrected chi connectivity index (χ1v) is 8.45. The lowest BCUT2D eigenvalue weighted by molar-refractivity contribution is 0.244. The predicted octanol–water partition coefficient (Wildman–Crippen LogP) is 3.82. The second kappa shape index (κ2) is 9.21. The molecule has 0 bridgehead atoms. The van der Waals surface area contributed by atoms with Crippen molar-refractivity contribution >= 4 is 5.69 Å². The van der Waals surface area contributed by atoms with Gasteiger partial charge in [-0.05, 0) is 69.5 Å². The highest BCUT2D eigenvalue weighted by molar-refractivity contribution is 5.54. The molecule has 0 aromatic heterocycles. The van der Waals surface area contributed by atoms with E-state index in [1.807, 2.05) is 26.0 Å². The molecule has 0 radical (unpaired) electrons. The molecule has 124 valence electrons. The first-order chi connectivity index (χ1) is 11.1. The van der Waals surface area contributed by atoms with E-state index in [4.69, 9.17) is 10.5 Å². The quantitative estimate of drug-likeness (QED) is 0.546. The molecular formula is C20H28N2O. The normalized spacial score (nSPS) is 10.9. The second-order valence-electron chi connectivity index (χ2n) is 6.13. The van der Waals surface area contributed by atoms with Crippen LogP contribution in [-0.2, 0) is 12.8 Å². The highest BCUT2D eigenvalue weighted by atomic mass is 16.5. The smallest absolute Gasteiger partial charge is 0.142 e. The van der Waals surface area contributed by atoms with Gasteiger partial charge in [0.2, 0.25) is 0 Å². The first-order valence-electron chi connectivity index (χ1n) is 8.45. The van der Waals surface area contributed by atoms with Crippen LogP contribution in [0, 0.1) is 0 Å². The van der Waals surface area contributed by atoms with Gasteiger partial charge in [0.15, 0.2) is 0 Å². The predicted molar refractivity (Wildman–Crippen MR) is 98.0 cm³/mol. The van der Waals surface area contributed by atoms with Gasteiger partial charge in [-0.1, -0.05) is 36.4 Å². The number of anilines is 1. The van der Waals surface area contributed by atoms with Gasteiger partial charge in [-0.2, -0.15) is 0 Å². The second-order valence-corrected chi connectivity index (χ2v) is 6.13. The summed E-state index contributed by atoms with van der Waals surface area (Å²) in [5, 5.41) is 3.50. The highest BCUT2D eigenvalue weighted by Crippen LogP contribution is 2.24. The van der Waals surface area contributed by atoms with Gasteiger partial charge in [-0.15, -0.1) is 0 Å². The van der Waals surface area contributed by atoms with E-state index in [9.17, 15) is 0 Å². The van der Waals surface area contributed by atoms with E-state index < -0.39 is 0 Å². The van der Waals surface area contributed by atoms with E-state index in [0.717, 1.165) is 43.8 Å². The summed E-state index contributed by atoms with van der Waals surface area (Å²) in [6.07, 6.45) is 3.37. The van der Waals surface area contributed by atoms with Crippen molar-refractivity contribution in [3.05, 3.63) is 59.7 Å². The zero-order valence-electron chi connectivity index (χ0n) is 14.2. The molecule has 2 aromatic rings. The molecular weight excluding hydrogens is 284 g/mol. The van der Waals surface area contributed by atoms with Crippen LogP contribution in [0.4, 0.5) is 5.69 Å². The highest BCUT2D eigenvalue weighted by Gasteiger charge is 2.04. The Morgan fingerprint density at radius 3 is 2.43 bits per heavy atom. The van der Waals surface area contributed by atoms with Crippen molar-refractivity contribution in [2.75, 3.05) is 18.8 Å². The molecule has 3 N–H and O–H groups in total. The Kier molecular flexibility index (Phi) is 6.95. The molecule has 23 heavy (non-hydrogen) atoms. The summed E-state index contributed by atoms with van der Waals surface area (Å²) >= 11 is 0. The van der Waals surface area contributed by atoms with Crippen molar-refractivity contribution < 1.29 is 4.74 Å². The minimum atomic E-state index is 0.150. The number of benzene rings is 2. The van der Waals surface area contributed by atoms with E-state index >= 15 is 0 Å². The van der Waals surface area contributed by atoms with E-state index in [0.29, 0.717) is 0 Å². The van der Waals surface area contributed by atoms with Gasteiger partial charge >= 0.3 is 0 Å². The third kappa shape index (κ3) is 6.33. The third-order valence-corrected chi connectivity index (χ3v) is 3.69. The monoisotopic (exact) mass is 312 g/mol. The molecule has 0 fully saturated rings. The summed E-state index contributed by atoms with van der Waals surface area (Å²) in [5.74, 6) is 0.782. The molecule has 0 spiro atoms. The fraction of sp³-hybridized carbons (Fsp3) is 0.400. The Bertz CT molecular complexity index is 581. The summed E-state index contributed by atoms with van der Waals surface area (Å²) in [6, 6.07) is 16.7. The molecule has 2 aromatic carbocycles. The average molecular weight is 312 g/mol. The van der Waals surface area contributed by atoms with Crippen LogP contribution in [0.5, 0.6) is 5.75 Å². The molecule has 0 aliphatic rings. The van der Waals surface area contributed by atoms with E-state index in [2.05, 4.69) is 41.7 Å². The topological polar surface area (TPSA) is 47.3 Å². The lowest BCUT2D eigenvalue weighted by Crippen LogP contribution is -2.19. The number of nitrogen functional groups attached to an aromatic ring is 1. The van der Waals surface area contributed by atoms with Crippen molar-refractivity contribution in [2.24, 2.45) is 0 Å². The van der Waals surface area contributed by atoms with Crippen molar-refractivity contribution in [3.63, 3.8) is 0 Å². The average Bonchev–Trinajstić information content (AvgIpc) is 2.54. The molecule has 0 saturated carbocycles. The Balaban J connectivity index is 1.65. The molecule has 0 heterocycles. The lowest BCUT2D eigenvalue weighted by Gasteiger charge is -2.13. The maximum absolute atomic E-state index is 6.05. The molecule has 0 amide bonds. The number of nitrogens with one attached hydrogen (secondary N) is 1. The van der Waals surface area contributed by atoms with Crippen LogP contribution in [0.1, 0.15) is 31.4 Å². The zero-order chi connectivity index (χ0) is 16.5. The van der Waals surface area contributed by atoms with Crippen molar-refractivity contribution in [3.8, 4) is 5.75 Å². The fourth-order valence-electron chi connectivity index (χ4n) is 2.53. The Morgan fingerprint density at radius 2 is 1.74 bits per heavy atom. The minimum absolute atomic E-state index is 0.150. The molecule has 0 atom stereocenters. The molecule has 2 rings (SSSR count). The van der Waals surface area contributed by atoms with Crippen LogP contribution < -0.4 is 15.8 Å². The molecule has 0 unspecified atom stereocenters. The van der Waals surface area contributed by atoms with Crippen molar-refractivity contribution in [1.82, 2.24) is 5.32 Å². The van der Waals surface area contributed by atoms with E-state index in [1.165, 1.54) is 11.1 Å². The summed E-state index contributed by atoms with van der Waals surface area (Å²) in [4.78, 5) is 0. The van der Waals surface area contributed by atoms with Crippen molar-refractivity contribution in [1.29, 1.82) is 0 Å². The number of aryl methyl sites for hydroxylation is 1. The van der Waals surface area contributed by atoms with Gasteiger partial charge in [-0.3, -0.25) is 0 Å². The largest absolute Gasteiger partial charge is 0.489 e. The summed E-state index contributed by atoms with van der Waals surface area (Å²) in [6.45, 7) is 6.06. The number of ether oxygens (including phenoxy) is 1. The van der Waals surface area contributed by atoms with Gasteiger partial charge in [0.1, 0.15) is 5.75 Å². The Morgan fingerprint density at radius 1 is 0.957 bits per heavy atom. The van der Waals surface area contributed by atoms with E-state index in [1.54, 1.807) is 0 Å². The van der Waals surface area contributed by atoms with Gasteiger partial charge in [-0.25, -0.2) is 0 Å². The van der Waals surface area contributed by atoms with Crippen LogP contribution >= 0.6 is 0 Å². The summed E-state index contributed by atoms with van der Waals surface area (Å²) in [7, 11) is 0. The summed E-state index contributed by atoms with van der Waals surface area (Å²) in [5.41, 5.74) is 9.43. The van der Waals surface area contributed by atoms with Crippen LogP contribution in [-0.4, -0.2) is 19.2 Å². The minimum Gasteiger partial charge on any atom is -0.489 e. The van der Waals surface area contributed by atoms with Crippen LogP contribution in [0.25, 0.3) is 0 Å². The molecule has 3 heteroatoms. The van der Waals surface area contributed by atoms with Crippen molar-refractivity contribution in [2.45, 2.75) is 39.2 Å². The van der Waals surface area contributed by atoms with Gasteiger partial charge in [0.25, 0.3) is 0 Å². The summed E-state index contributed by atoms with van der Waals surface area (Å²) < 4.78 is 5.66. The van der Waals surface area contributed by atoms with Crippen LogP contribution in [0.3, 0.4) is 0 Å². The maximum atomic E-state index is 6.05. The van der Waals surface area contributed by atoms with Crippen LogP contribution in [0.15, 0.2) is 48.5 Å². The Hall–Kier alpha value is -2.00. The number of hydrogen-bond donors (Lipinski definition) is 2. The maximum Gasteiger partial charge on any atom is 0.142 e. The lowest BCUT2D eigenvalue weighted by atomic mass is 10.1. The third-order valence-electron chi connectivity index (χ3n) is 3.69. The van der Waals surface area contributed by atoms with Gasteiger partial charge in [0.05, 0.1) is 11.8 Å². The molecule has 3 nitrogen and oxygen atoms in total. The SMILES string of the molecule is CC(C)Oc1ccc(CCCNCCc2ccccc2)cc1N. The van der Waals surface area contributed by atoms with Gasteiger partial charge < -0.3 is 15.8 Å². The Labute approximate surface area is 139 Å². The molecule has 0 saturated heterocycles. The standard InChI is InChI=1S/C20H28N2O/c1-16(2)23-20-11-10-18(15-19(20)21)9-6-13-22-14-12-17-7-4-3-5-8-17/h3-5,7-8,10-11,15-16,22H,6,9,12-14,21H2,1-2H3. The first kappa shape index (κ1) is 17.4. The number of rotatable bonds is 9. The van der Waals surface area contributed by atoms with Gasteiger partial charge in [0, 0.05) is 0 Å². The fourth-order valence-corrected chi connectivity index (χ4v) is 2.53. The zero-order valence-corrected chi connectivity index (χ0v) is 14.2. The van der Waals surface area contributed by atoms with E-state index in [-0.39, 0.29) is 6.10 Å². The molecule has 0 aliphatic carbocycles. The number of nitrogens with two attached hydrogens (primary N) is 1. The van der Waals surface area contributed by atoms with Crippen LogP contribution in [0.2, 0.25) is 0 Å². The molecule has 0 aliphatic heterocycles.